The Balaban J connectivity index is 2.04. The number of nitrogen functional groups attached to an aromatic ring is 1. The van der Waals surface area contributed by atoms with Gasteiger partial charge in [0.1, 0.15) is 0 Å². The van der Waals surface area contributed by atoms with E-state index in [-0.39, 0.29) is 17.3 Å². The Hall–Kier alpha value is -1.51. The number of esters is 1. The van der Waals surface area contributed by atoms with Crippen LogP contribution >= 0.6 is 0 Å². The van der Waals surface area contributed by atoms with Crippen molar-refractivity contribution in [2.45, 2.75) is 44.4 Å². The minimum Gasteiger partial charge on any atom is -0.469 e. The van der Waals surface area contributed by atoms with Crippen molar-refractivity contribution in [1.82, 2.24) is 0 Å². The summed E-state index contributed by atoms with van der Waals surface area (Å²) in [7, 11) is 1.50. The summed E-state index contributed by atoms with van der Waals surface area (Å²) in [6.07, 6.45) is 5.31. The zero-order chi connectivity index (χ0) is 14.3. The van der Waals surface area contributed by atoms with Crippen LogP contribution in [0.5, 0.6) is 0 Å². The number of methoxy groups -OCH3 is 1. The van der Waals surface area contributed by atoms with Crippen LogP contribution in [0.15, 0.2) is 18.2 Å². The second kappa shape index (κ2) is 4.80. The molecule has 20 heavy (non-hydrogen) atoms. The van der Waals surface area contributed by atoms with Crippen LogP contribution in [0.1, 0.15) is 43.7 Å². The minimum absolute atomic E-state index is 0.0340. The molecule has 0 aromatic heterocycles. The number of aryl methyl sites for hydroxylation is 1. The molecule has 0 heterocycles. The maximum atomic E-state index is 12.1. The van der Waals surface area contributed by atoms with Crippen LogP contribution in [0, 0.1) is 11.8 Å². The normalized spacial score (nSPS) is 32.1. The number of rotatable bonds is 1. The molecule has 3 unspecified atom stereocenters. The SMILES string of the molecule is COC(=O)C1CCCC2(C)c3cc(N)ccc3CCC12. The molecular formula is C17H23NO2. The Bertz CT molecular complexity index is 540. The van der Waals surface area contributed by atoms with Gasteiger partial charge in [-0.1, -0.05) is 19.4 Å². The van der Waals surface area contributed by atoms with Gasteiger partial charge in [0.25, 0.3) is 0 Å². The lowest BCUT2D eigenvalue weighted by atomic mass is 9.55. The maximum Gasteiger partial charge on any atom is 0.308 e. The van der Waals surface area contributed by atoms with Crippen molar-refractivity contribution in [2.24, 2.45) is 11.8 Å². The van der Waals surface area contributed by atoms with Gasteiger partial charge in [-0.3, -0.25) is 4.79 Å². The number of hydrogen-bond acceptors (Lipinski definition) is 3. The number of benzene rings is 1. The molecule has 2 aliphatic carbocycles. The van der Waals surface area contributed by atoms with Gasteiger partial charge in [-0.05, 0) is 60.3 Å². The summed E-state index contributed by atoms with van der Waals surface area (Å²) in [6, 6.07) is 6.28. The van der Waals surface area contributed by atoms with E-state index in [1.165, 1.54) is 18.2 Å². The second-order valence-corrected chi connectivity index (χ2v) is 6.50. The third-order valence-electron chi connectivity index (χ3n) is 5.49. The van der Waals surface area contributed by atoms with Crippen molar-refractivity contribution >= 4 is 11.7 Å². The average molecular weight is 273 g/mol. The number of carbonyl (C=O) groups is 1. The predicted molar refractivity (Wildman–Crippen MR) is 79.4 cm³/mol. The first-order chi connectivity index (χ1) is 9.56. The van der Waals surface area contributed by atoms with E-state index in [1.807, 2.05) is 6.07 Å². The lowest BCUT2D eigenvalue weighted by Gasteiger charge is -2.49. The van der Waals surface area contributed by atoms with Gasteiger partial charge in [-0.2, -0.15) is 0 Å². The molecule has 1 aromatic rings. The van der Waals surface area contributed by atoms with Crippen LogP contribution in [0.25, 0.3) is 0 Å². The van der Waals surface area contributed by atoms with Crippen molar-refractivity contribution in [1.29, 1.82) is 0 Å². The summed E-state index contributed by atoms with van der Waals surface area (Å²) in [5.41, 5.74) is 9.66. The quantitative estimate of drug-likeness (QED) is 0.632. The van der Waals surface area contributed by atoms with Gasteiger partial charge in [-0.15, -0.1) is 0 Å². The van der Waals surface area contributed by atoms with Crippen LogP contribution in [-0.2, 0) is 21.4 Å². The standard InChI is InChI=1S/C17H23NO2/c1-17-9-3-4-13(16(19)20-2)14(17)8-6-11-5-7-12(18)10-15(11)17/h5,7,10,13-14H,3-4,6,8-9,18H2,1-2H3. The largest absolute Gasteiger partial charge is 0.469 e. The molecule has 3 atom stereocenters. The zero-order valence-corrected chi connectivity index (χ0v) is 12.3. The minimum atomic E-state index is -0.0340. The summed E-state index contributed by atoms with van der Waals surface area (Å²) >= 11 is 0. The Morgan fingerprint density at radius 2 is 2.20 bits per heavy atom. The fraction of sp³-hybridized carbons (Fsp3) is 0.588. The van der Waals surface area contributed by atoms with E-state index in [9.17, 15) is 4.79 Å². The van der Waals surface area contributed by atoms with E-state index in [1.54, 1.807) is 0 Å². The Morgan fingerprint density at radius 1 is 1.40 bits per heavy atom. The third-order valence-corrected chi connectivity index (χ3v) is 5.49. The van der Waals surface area contributed by atoms with E-state index < -0.39 is 0 Å². The molecule has 3 heteroatoms. The Morgan fingerprint density at radius 3 is 2.95 bits per heavy atom. The zero-order valence-electron chi connectivity index (χ0n) is 12.3. The first-order valence-electron chi connectivity index (χ1n) is 7.53. The molecule has 2 N–H and O–H groups in total. The monoisotopic (exact) mass is 273 g/mol. The van der Waals surface area contributed by atoms with Crippen molar-refractivity contribution in [2.75, 3.05) is 12.8 Å². The van der Waals surface area contributed by atoms with Crippen molar-refractivity contribution in [3.63, 3.8) is 0 Å². The highest BCUT2D eigenvalue weighted by molar-refractivity contribution is 5.73. The lowest BCUT2D eigenvalue weighted by molar-refractivity contribution is -0.150. The van der Waals surface area contributed by atoms with Crippen LogP contribution in [-0.4, -0.2) is 13.1 Å². The molecular weight excluding hydrogens is 250 g/mol. The Labute approximate surface area is 120 Å². The van der Waals surface area contributed by atoms with Crippen LogP contribution in [0.3, 0.4) is 0 Å². The molecule has 1 fully saturated rings. The van der Waals surface area contributed by atoms with Gasteiger partial charge in [0.15, 0.2) is 0 Å². The number of anilines is 1. The van der Waals surface area contributed by atoms with E-state index in [4.69, 9.17) is 10.5 Å². The molecule has 3 nitrogen and oxygen atoms in total. The first-order valence-corrected chi connectivity index (χ1v) is 7.53. The molecule has 0 spiro atoms. The van der Waals surface area contributed by atoms with Gasteiger partial charge in [0.05, 0.1) is 13.0 Å². The molecule has 108 valence electrons. The topological polar surface area (TPSA) is 52.3 Å². The van der Waals surface area contributed by atoms with E-state index in [0.29, 0.717) is 5.92 Å². The number of carbonyl (C=O) groups excluding carboxylic acids is 1. The summed E-state index contributed by atoms with van der Waals surface area (Å²) in [6.45, 7) is 2.31. The van der Waals surface area contributed by atoms with Gasteiger partial charge < -0.3 is 10.5 Å². The molecule has 0 saturated heterocycles. The maximum absolute atomic E-state index is 12.1. The number of fused-ring (bicyclic) bond motifs is 3. The first kappa shape index (κ1) is 13.5. The van der Waals surface area contributed by atoms with E-state index in [0.717, 1.165) is 37.8 Å². The summed E-state index contributed by atoms with van der Waals surface area (Å²) in [4.78, 5) is 12.1. The van der Waals surface area contributed by atoms with Gasteiger partial charge in [0.2, 0.25) is 0 Å². The highest BCUT2D eigenvalue weighted by atomic mass is 16.5. The van der Waals surface area contributed by atoms with E-state index in [2.05, 4.69) is 19.1 Å². The lowest BCUT2D eigenvalue weighted by Crippen LogP contribution is -2.46. The molecule has 1 aromatic carbocycles. The molecule has 0 bridgehead atoms. The summed E-state index contributed by atoms with van der Waals surface area (Å²) in [5.74, 6) is 0.402. The van der Waals surface area contributed by atoms with Gasteiger partial charge in [0, 0.05) is 5.69 Å². The predicted octanol–water partition coefficient (Wildman–Crippen LogP) is 3.06. The third kappa shape index (κ3) is 1.91. The average Bonchev–Trinajstić information content (AvgIpc) is 2.45. The number of ether oxygens (including phenoxy) is 1. The fourth-order valence-electron chi connectivity index (χ4n) is 4.46. The number of hydrogen-bond donors (Lipinski definition) is 1. The second-order valence-electron chi connectivity index (χ2n) is 6.50. The molecule has 2 aliphatic rings. The van der Waals surface area contributed by atoms with Crippen LogP contribution in [0.2, 0.25) is 0 Å². The van der Waals surface area contributed by atoms with Gasteiger partial charge >= 0.3 is 5.97 Å². The molecule has 0 amide bonds. The van der Waals surface area contributed by atoms with Crippen LogP contribution < -0.4 is 5.73 Å². The van der Waals surface area contributed by atoms with Crippen LogP contribution in [0.4, 0.5) is 5.69 Å². The Kier molecular flexibility index (Phi) is 3.23. The van der Waals surface area contributed by atoms with Crippen molar-refractivity contribution < 1.29 is 9.53 Å². The summed E-state index contributed by atoms with van der Waals surface area (Å²) < 4.78 is 5.03. The summed E-state index contributed by atoms with van der Waals surface area (Å²) in [5, 5.41) is 0. The molecule has 0 radical (unpaired) electrons. The molecule has 3 rings (SSSR count). The highest BCUT2D eigenvalue weighted by Gasteiger charge is 2.48. The number of nitrogens with two attached hydrogens (primary N) is 1. The molecule has 0 aliphatic heterocycles. The van der Waals surface area contributed by atoms with E-state index >= 15 is 0 Å². The van der Waals surface area contributed by atoms with Crippen molar-refractivity contribution in [3.8, 4) is 0 Å². The van der Waals surface area contributed by atoms with Crippen molar-refractivity contribution in [3.05, 3.63) is 29.3 Å². The highest BCUT2D eigenvalue weighted by Crippen LogP contribution is 2.52. The smallest absolute Gasteiger partial charge is 0.308 e. The van der Waals surface area contributed by atoms with Gasteiger partial charge in [-0.25, -0.2) is 0 Å². The molecule has 1 saturated carbocycles. The fourth-order valence-corrected chi connectivity index (χ4v) is 4.46.